The number of benzene rings is 1. The Morgan fingerprint density at radius 3 is 2.19 bits per heavy atom. The van der Waals surface area contributed by atoms with E-state index in [0.29, 0.717) is 0 Å². The van der Waals surface area contributed by atoms with Crippen molar-refractivity contribution in [3.05, 3.63) is 27.7 Å². The van der Waals surface area contributed by atoms with Crippen molar-refractivity contribution in [2.45, 2.75) is 11.5 Å². The topological polar surface area (TPSA) is 91.8 Å². The Morgan fingerprint density at radius 2 is 1.71 bits per heavy atom. The van der Waals surface area contributed by atoms with E-state index in [9.17, 15) is 16.8 Å². The van der Waals surface area contributed by atoms with E-state index < -0.39 is 26.5 Å². The maximum absolute atomic E-state index is 12.4. The summed E-state index contributed by atoms with van der Waals surface area (Å²) in [6.45, 7) is -0.639. The zero-order valence-electron chi connectivity index (χ0n) is 11.4. The van der Waals surface area contributed by atoms with E-state index in [4.69, 9.17) is 28.3 Å². The molecule has 1 aromatic carbocycles. The van der Waals surface area contributed by atoms with Gasteiger partial charge in [0, 0.05) is 24.9 Å². The number of hydrogen-bond donors (Lipinski definition) is 1. The zero-order valence-corrected chi connectivity index (χ0v) is 14.5. The molecule has 21 heavy (non-hydrogen) atoms. The maximum Gasteiger partial charge on any atom is 0.244 e. The van der Waals surface area contributed by atoms with E-state index in [0.717, 1.165) is 10.6 Å². The lowest BCUT2D eigenvalue weighted by Gasteiger charge is -2.18. The minimum atomic E-state index is -3.97. The smallest absolute Gasteiger partial charge is 0.244 e. The molecule has 0 amide bonds. The molecule has 0 atom stereocenters. The van der Waals surface area contributed by atoms with Gasteiger partial charge in [0.05, 0.1) is 17.4 Å². The zero-order chi connectivity index (χ0) is 16.4. The molecule has 0 fully saturated rings. The van der Waals surface area contributed by atoms with E-state index >= 15 is 0 Å². The molecule has 0 aromatic heterocycles. The van der Waals surface area contributed by atoms with Crippen molar-refractivity contribution in [2.75, 3.05) is 25.6 Å². The van der Waals surface area contributed by atoms with Crippen molar-refractivity contribution in [3.8, 4) is 0 Å². The Morgan fingerprint density at radius 1 is 1.14 bits per heavy atom. The van der Waals surface area contributed by atoms with E-state index in [2.05, 4.69) is 0 Å². The van der Waals surface area contributed by atoms with Crippen LogP contribution in [-0.4, -0.2) is 51.8 Å². The highest BCUT2D eigenvalue weighted by atomic mass is 35.5. The van der Waals surface area contributed by atoms with Crippen LogP contribution in [0.2, 0.25) is 10.0 Å². The minimum absolute atomic E-state index is 0.0941. The largest absolute Gasteiger partial charge is 0.392 e. The predicted octanol–water partition coefficient (Wildman–Crippen LogP) is 1.15. The van der Waals surface area contributed by atoms with Gasteiger partial charge in [-0.2, -0.15) is 4.31 Å². The fourth-order valence-corrected chi connectivity index (χ4v) is 4.19. The van der Waals surface area contributed by atoms with Gasteiger partial charge in [-0.3, -0.25) is 0 Å². The number of rotatable bonds is 6. The van der Waals surface area contributed by atoms with Crippen LogP contribution in [0.5, 0.6) is 0 Å². The summed E-state index contributed by atoms with van der Waals surface area (Å²) in [4.78, 5) is -0.228. The molecule has 1 rings (SSSR count). The average molecular weight is 376 g/mol. The first-order valence-electron chi connectivity index (χ1n) is 5.72. The third kappa shape index (κ3) is 4.80. The minimum Gasteiger partial charge on any atom is -0.392 e. The SMILES string of the molecule is CN(CCS(C)(=O)=O)S(=O)(=O)c1cc(CO)c(Cl)cc1Cl. The summed E-state index contributed by atoms with van der Waals surface area (Å²) >= 11 is 11.7. The van der Waals surface area contributed by atoms with Gasteiger partial charge in [-0.05, 0) is 17.7 Å². The Hall–Kier alpha value is -0.380. The van der Waals surface area contributed by atoms with Gasteiger partial charge in [-0.1, -0.05) is 23.2 Å². The summed E-state index contributed by atoms with van der Waals surface area (Å²) in [6.07, 6.45) is 1.02. The lowest BCUT2D eigenvalue weighted by atomic mass is 10.2. The summed E-state index contributed by atoms with van der Waals surface area (Å²) in [5.41, 5.74) is 0.219. The molecule has 0 unspecified atom stereocenters. The molecule has 10 heteroatoms. The van der Waals surface area contributed by atoms with Crippen LogP contribution in [-0.2, 0) is 26.5 Å². The van der Waals surface area contributed by atoms with Gasteiger partial charge in [0.2, 0.25) is 10.0 Å². The number of sulfonamides is 1. The molecule has 0 spiro atoms. The predicted molar refractivity (Wildman–Crippen MR) is 81.9 cm³/mol. The van der Waals surface area contributed by atoms with Gasteiger partial charge >= 0.3 is 0 Å². The van der Waals surface area contributed by atoms with E-state index in [1.165, 1.54) is 19.2 Å². The van der Waals surface area contributed by atoms with Crippen LogP contribution in [0, 0.1) is 0 Å². The Kier molecular flexibility index (Phi) is 6.05. The second-order valence-electron chi connectivity index (χ2n) is 4.49. The van der Waals surface area contributed by atoms with E-state index in [1.54, 1.807) is 0 Å². The molecule has 6 nitrogen and oxygen atoms in total. The molecule has 0 saturated heterocycles. The first kappa shape index (κ1) is 18.7. The van der Waals surface area contributed by atoms with Crippen LogP contribution in [0.25, 0.3) is 0 Å². The maximum atomic E-state index is 12.4. The van der Waals surface area contributed by atoms with E-state index in [1.807, 2.05) is 0 Å². The molecule has 0 heterocycles. The Labute approximate surface area is 134 Å². The molecular formula is C11H15Cl2NO5S2. The summed E-state index contributed by atoms with van der Waals surface area (Å²) in [7, 11) is -6.01. The molecule has 0 aliphatic heterocycles. The normalized spacial score (nSPS) is 12.9. The summed E-state index contributed by atoms with van der Waals surface area (Å²) in [5, 5.41) is 9.19. The van der Waals surface area contributed by atoms with Crippen molar-refractivity contribution >= 4 is 43.1 Å². The van der Waals surface area contributed by atoms with Crippen LogP contribution >= 0.6 is 23.2 Å². The van der Waals surface area contributed by atoms with Gasteiger partial charge in [-0.15, -0.1) is 0 Å². The van der Waals surface area contributed by atoms with Gasteiger partial charge in [0.1, 0.15) is 14.7 Å². The van der Waals surface area contributed by atoms with Crippen molar-refractivity contribution < 1.29 is 21.9 Å². The van der Waals surface area contributed by atoms with Gasteiger partial charge in [0.15, 0.2) is 0 Å². The number of halogens is 2. The summed E-state index contributed by atoms with van der Waals surface area (Å²) in [5.74, 6) is -0.305. The number of aliphatic hydroxyl groups excluding tert-OH is 1. The lowest BCUT2D eigenvalue weighted by Crippen LogP contribution is -2.31. The molecule has 120 valence electrons. The first-order valence-corrected chi connectivity index (χ1v) is 9.97. The van der Waals surface area contributed by atoms with Gasteiger partial charge < -0.3 is 5.11 Å². The average Bonchev–Trinajstić information content (AvgIpc) is 2.34. The van der Waals surface area contributed by atoms with Crippen molar-refractivity contribution in [1.29, 1.82) is 0 Å². The second kappa shape index (κ2) is 6.80. The van der Waals surface area contributed by atoms with Crippen LogP contribution in [0.3, 0.4) is 0 Å². The van der Waals surface area contributed by atoms with Gasteiger partial charge in [-0.25, -0.2) is 16.8 Å². The van der Waals surface area contributed by atoms with Crippen LogP contribution in [0.4, 0.5) is 0 Å². The van der Waals surface area contributed by atoms with Crippen molar-refractivity contribution in [3.63, 3.8) is 0 Å². The molecule has 1 aromatic rings. The molecule has 0 bridgehead atoms. The highest BCUT2D eigenvalue weighted by Crippen LogP contribution is 2.30. The molecular weight excluding hydrogens is 361 g/mol. The fraction of sp³-hybridized carbons (Fsp3) is 0.455. The van der Waals surface area contributed by atoms with Crippen LogP contribution in [0.1, 0.15) is 5.56 Å². The van der Waals surface area contributed by atoms with E-state index in [-0.39, 0.29) is 32.8 Å². The molecule has 0 saturated carbocycles. The highest BCUT2D eigenvalue weighted by molar-refractivity contribution is 7.91. The number of sulfone groups is 1. The van der Waals surface area contributed by atoms with Gasteiger partial charge in [0.25, 0.3) is 0 Å². The Balaban J connectivity index is 3.19. The van der Waals surface area contributed by atoms with Crippen LogP contribution in [0.15, 0.2) is 17.0 Å². The third-order valence-electron chi connectivity index (χ3n) is 2.74. The fourth-order valence-electron chi connectivity index (χ4n) is 1.47. The van der Waals surface area contributed by atoms with Crippen LogP contribution < -0.4 is 0 Å². The Bertz CT molecular complexity index is 731. The van der Waals surface area contributed by atoms with Crippen molar-refractivity contribution in [2.24, 2.45) is 0 Å². The quantitative estimate of drug-likeness (QED) is 0.804. The number of aliphatic hydroxyl groups is 1. The molecule has 0 radical (unpaired) electrons. The molecule has 0 aliphatic carbocycles. The summed E-state index contributed by atoms with van der Waals surface area (Å²) in [6, 6.07) is 2.41. The lowest BCUT2D eigenvalue weighted by molar-refractivity contribution is 0.281. The molecule has 0 aliphatic rings. The number of nitrogens with zero attached hydrogens (tertiary/aromatic N) is 1. The number of hydrogen-bond acceptors (Lipinski definition) is 5. The second-order valence-corrected chi connectivity index (χ2v) is 9.58. The monoisotopic (exact) mass is 375 g/mol. The first-order chi connectivity index (χ1) is 9.49. The standard InChI is InChI=1S/C11H15Cl2NO5S2/c1-14(3-4-20(2,16)17)21(18,19)11-5-8(7-15)9(12)6-10(11)13/h5-6,15H,3-4,7H2,1-2H3. The highest BCUT2D eigenvalue weighted by Gasteiger charge is 2.25. The van der Waals surface area contributed by atoms with Crippen molar-refractivity contribution in [1.82, 2.24) is 4.31 Å². The third-order valence-corrected chi connectivity index (χ3v) is 6.33. The summed E-state index contributed by atoms with van der Waals surface area (Å²) < 4.78 is 47.9. The molecule has 1 N–H and O–H groups in total.